The molecule has 126 valence electrons. The van der Waals surface area contributed by atoms with Crippen LogP contribution in [0.1, 0.15) is 10.7 Å². The van der Waals surface area contributed by atoms with Gasteiger partial charge in [-0.1, -0.05) is 48.5 Å². The molecule has 2 heterocycles. The second kappa shape index (κ2) is 7.29. The first kappa shape index (κ1) is 16.2. The molecule has 2 aromatic heterocycles. The molecule has 4 rings (SSSR count). The molecule has 0 bridgehead atoms. The maximum atomic E-state index is 10.2. The Labute approximate surface area is 155 Å². The molecule has 26 heavy (non-hydrogen) atoms. The lowest BCUT2D eigenvalue weighted by Gasteiger charge is -2.07. The van der Waals surface area contributed by atoms with Crippen LogP contribution in [0.4, 0.5) is 0 Å². The molecule has 0 aliphatic carbocycles. The molecule has 1 N–H and O–H groups in total. The Kier molecular flexibility index (Phi) is 4.53. The minimum atomic E-state index is 0.144. The third-order valence-electron chi connectivity index (χ3n) is 3.77. The van der Waals surface area contributed by atoms with Crippen molar-refractivity contribution in [2.75, 3.05) is 0 Å². The Morgan fingerprint density at radius 1 is 0.731 bits per heavy atom. The monoisotopic (exact) mass is 357 g/mol. The van der Waals surface area contributed by atoms with Crippen LogP contribution in [0.3, 0.4) is 0 Å². The van der Waals surface area contributed by atoms with Crippen molar-refractivity contribution >= 4 is 23.5 Å². The summed E-state index contributed by atoms with van der Waals surface area (Å²) in [7, 11) is 0. The van der Waals surface area contributed by atoms with Gasteiger partial charge in [0.2, 0.25) is 0 Å². The van der Waals surface area contributed by atoms with E-state index in [1.54, 1.807) is 29.5 Å². The zero-order valence-electron chi connectivity index (χ0n) is 13.8. The predicted octanol–water partition coefficient (Wildman–Crippen LogP) is 5.14. The molecule has 0 aliphatic rings. The number of phenols is 1. The normalized spacial score (nSPS) is 11.1. The number of hydrogen-bond donors (Lipinski definition) is 1. The number of para-hydroxylation sites is 1. The van der Waals surface area contributed by atoms with E-state index in [2.05, 4.69) is 15.0 Å². The van der Waals surface area contributed by atoms with Crippen molar-refractivity contribution in [2.45, 2.75) is 0 Å². The highest BCUT2D eigenvalue weighted by Crippen LogP contribution is 2.27. The topological polar surface area (TPSA) is 58.9 Å². The lowest BCUT2D eigenvalue weighted by molar-refractivity contribution is 0.477. The molecule has 0 amide bonds. The molecule has 0 aliphatic heterocycles. The third-order valence-corrected chi connectivity index (χ3v) is 4.61. The fourth-order valence-electron chi connectivity index (χ4n) is 2.51. The van der Waals surface area contributed by atoms with E-state index in [1.165, 1.54) is 0 Å². The predicted molar refractivity (Wildman–Crippen MR) is 106 cm³/mol. The van der Waals surface area contributed by atoms with Gasteiger partial charge in [-0.15, -0.1) is 11.3 Å². The molecule has 0 atom stereocenters. The Morgan fingerprint density at radius 2 is 1.50 bits per heavy atom. The molecule has 4 nitrogen and oxygen atoms in total. The number of aromatic hydroxyl groups is 1. The standard InChI is InChI=1S/C21H15N3OS/c25-18-11-5-4-10-17(18)21-23-19(13-12-16-9-6-14-26-16)22-20(24-21)15-7-2-1-3-8-15/h1-14,25H. The van der Waals surface area contributed by atoms with Crippen molar-refractivity contribution in [2.24, 2.45) is 0 Å². The molecule has 0 radical (unpaired) electrons. The van der Waals surface area contributed by atoms with E-state index in [-0.39, 0.29) is 5.75 Å². The summed E-state index contributed by atoms with van der Waals surface area (Å²) in [6.07, 6.45) is 3.84. The maximum Gasteiger partial charge on any atom is 0.167 e. The lowest BCUT2D eigenvalue weighted by Crippen LogP contribution is -1.99. The van der Waals surface area contributed by atoms with Gasteiger partial charge >= 0.3 is 0 Å². The van der Waals surface area contributed by atoms with E-state index in [1.807, 2.05) is 66.1 Å². The summed E-state index contributed by atoms with van der Waals surface area (Å²) in [4.78, 5) is 14.8. The van der Waals surface area contributed by atoms with Crippen molar-refractivity contribution in [3.63, 3.8) is 0 Å². The van der Waals surface area contributed by atoms with Crippen LogP contribution in [0.5, 0.6) is 5.75 Å². The highest BCUT2D eigenvalue weighted by Gasteiger charge is 2.11. The van der Waals surface area contributed by atoms with Gasteiger partial charge in [-0.25, -0.2) is 15.0 Å². The van der Waals surface area contributed by atoms with Crippen LogP contribution in [0.2, 0.25) is 0 Å². The molecule has 0 fully saturated rings. The number of benzene rings is 2. The number of phenolic OH excluding ortho intramolecular Hbond substituents is 1. The minimum absolute atomic E-state index is 0.144. The van der Waals surface area contributed by atoms with Crippen molar-refractivity contribution < 1.29 is 5.11 Å². The molecule has 0 saturated heterocycles. The summed E-state index contributed by atoms with van der Waals surface area (Å²) >= 11 is 1.65. The van der Waals surface area contributed by atoms with Gasteiger partial charge in [0.1, 0.15) is 5.75 Å². The molecular formula is C21H15N3OS. The highest BCUT2D eigenvalue weighted by molar-refractivity contribution is 7.10. The first-order chi connectivity index (χ1) is 12.8. The number of aromatic nitrogens is 3. The van der Waals surface area contributed by atoms with Gasteiger partial charge in [-0.05, 0) is 35.7 Å². The summed E-state index contributed by atoms with van der Waals surface area (Å²) in [5, 5.41) is 12.2. The van der Waals surface area contributed by atoms with E-state index in [0.29, 0.717) is 23.0 Å². The fourth-order valence-corrected chi connectivity index (χ4v) is 3.13. The van der Waals surface area contributed by atoms with E-state index < -0.39 is 0 Å². The first-order valence-electron chi connectivity index (χ1n) is 8.11. The Hall–Kier alpha value is -3.31. The molecule has 0 unspecified atom stereocenters. The number of thiophene rings is 1. The maximum absolute atomic E-state index is 10.2. The van der Waals surface area contributed by atoms with Gasteiger partial charge in [-0.3, -0.25) is 0 Å². The summed E-state index contributed by atoms with van der Waals surface area (Å²) < 4.78 is 0. The van der Waals surface area contributed by atoms with Crippen molar-refractivity contribution in [1.29, 1.82) is 0 Å². The molecule has 2 aromatic carbocycles. The number of nitrogens with zero attached hydrogens (tertiary/aromatic N) is 3. The lowest BCUT2D eigenvalue weighted by atomic mass is 10.1. The summed E-state index contributed by atoms with van der Waals surface area (Å²) in [6, 6.07) is 20.8. The van der Waals surface area contributed by atoms with Crippen molar-refractivity contribution in [1.82, 2.24) is 15.0 Å². The average molecular weight is 357 g/mol. The van der Waals surface area contributed by atoms with Crippen LogP contribution in [-0.2, 0) is 0 Å². The second-order valence-corrected chi connectivity index (χ2v) is 6.55. The van der Waals surface area contributed by atoms with E-state index in [0.717, 1.165) is 10.4 Å². The van der Waals surface area contributed by atoms with Gasteiger partial charge in [-0.2, -0.15) is 0 Å². The van der Waals surface area contributed by atoms with Gasteiger partial charge < -0.3 is 5.11 Å². The molecule has 5 heteroatoms. The summed E-state index contributed by atoms with van der Waals surface area (Å²) in [5.74, 6) is 1.71. The quantitative estimate of drug-likeness (QED) is 0.549. The Morgan fingerprint density at radius 3 is 2.27 bits per heavy atom. The first-order valence-corrected chi connectivity index (χ1v) is 8.99. The molecule has 0 saturated carbocycles. The van der Waals surface area contributed by atoms with E-state index in [9.17, 15) is 5.11 Å². The van der Waals surface area contributed by atoms with Gasteiger partial charge in [0.05, 0.1) is 5.56 Å². The smallest absolute Gasteiger partial charge is 0.167 e. The van der Waals surface area contributed by atoms with E-state index >= 15 is 0 Å². The zero-order chi connectivity index (χ0) is 17.8. The fraction of sp³-hybridized carbons (Fsp3) is 0. The van der Waals surface area contributed by atoms with E-state index in [4.69, 9.17) is 0 Å². The number of hydrogen-bond acceptors (Lipinski definition) is 5. The highest BCUT2D eigenvalue weighted by atomic mass is 32.1. The number of rotatable bonds is 4. The Balaban J connectivity index is 1.83. The third kappa shape index (κ3) is 3.53. The molecule has 0 spiro atoms. The van der Waals surface area contributed by atoms with Crippen LogP contribution >= 0.6 is 11.3 Å². The largest absolute Gasteiger partial charge is 0.507 e. The van der Waals surface area contributed by atoms with Crippen LogP contribution in [0, 0.1) is 0 Å². The Bertz CT molecular complexity index is 1040. The second-order valence-electron chi connectivity index (χ2n) is 5.57. The van der Waals surface area contributed by atoms with Gasteiger partial charge in [0, 0.05) is 10.4 Å². The average Bonchev–Trinajstić information content (AvgIpc) is 3.21. The van der Waals surface area contributed by atoms with Crippen LogP contribution < -0.4 is 0 Å². The van der Waals surface area contributed by atoms with Crippen molar-refractivity contribution in [3.8, 4) is 28.5 Å². The van der Waals surface area contributed by atoms with Gasteiger partial charge in [0.15, 0.2) is 17.5 Å². The van der Waals surface area contributed by atoms with Crippen LogP contribution in [0.15, 0.2) is 72.1 Å². The molecule has 4 aromatic rings. The summed E-state index contributed by atoms with van der Waals surface area (Å²) in [6.45, 7) is 0. The van der Waals surface area contributed by atoms with Crippen LogP contribution in [0.25, 0.3) is 34.9 Å². The van der Waals surface area contributed by atoms with Gasteiger partial charge in [0.25, 0.3) is 0 Å². The zero-order valence-corrected chi connectivity index (χ0v) is 14.6. The van der Waals surface area contributed by atoms with Crippen molar-refractivity contribution in [3.05, 3.63) is 82.8 Å². The molecular weight excluding hydrogens is 342 g/mol. The SMILES string of the molecule is Oc1ccccc1-c1nc(C=Cc2cccs2)nc(-c2ccccc2)n1. The van der Waals surface area contributed by atoms with Crippen LogP contribution in [-0.4, -0.2) is 20.1 Å². The minimum Gasteiger partial charge on any atom is -0.507 e. The summed E-state index contributed by atoms with van der Waals surface area (Å²) in [5.41, 5.74) is 1.48.